The number of hydrogen-bond donors (Lipinski definition) is 0. The number of Topliss-reactive ketones (excluding diaryl/α,β-unsaturated/α-hetero) is 1. The number of carbonyl (C=O) groups excluding carboxylic acids is 1. The van der Waals surface area contributed by atoms with Gasteiger partial charge in [0.2, 0.25) is 0 Å². The second-order valence-electron chi connectivity index (χ2n) is 6.01. The van der Waals surface area contributed by atoms with Gasteiger partial charge in [0.15, 0.2) is 5.78 Å². The molecule has 1 aromatic carbocycles. The number of rotatable bonds is 5. The van der Waals surface area contributed by atoms with Gasteiger partial charge in [0.1, 0.15) is 0 Å². The lowest BCUT2D eigenvalue weighted by molar-refractivity contribution is -0.145. The Hall–Kier alpha value is -1.36. The fourth-order valence-corrected chi connectivity index (χ4v) is 3.01. The van der Waals surface area contributed by atoms with Crippen LogP contribution in [0.5, 0.6) is 0 Å². The third kappa shape index (κ3) is 3.64. The van der Waals surface area contributed by atoms with E-state index in [1.54, 1.807) is 6.07 Å². The Morgan fingerprint density at radius 2 is 1.90 bits per heavy atom. The maximum absolute atomic E-state index is 12.6. The number of alkyl halides is 3. The van der Waals surface area contributed by atoms with E-state index in [0.29, 0.717) is 5.56 Å². The summed E-state index contributed by atoms with van der Waals surface area (Å²) in [4.78, 5) is 13.5. The Morgan fingerprint density at radius 3 is 2.57 bits per heavy atom. The van der Waals surface area contributed by atoms with Gasteiger partial charge in [-0.1, -0.05) is 12.1 Å². The van der Waals surface area contributed by atoms with Crippen molar-refractivity contribution in [2.75, 3.05) is 13.1 Å². The fraction of sp³-hybridized carbons (Fsp3) is 0.562. The van der Waals surface area contributed by atoms with Crippen molar-refractivity contribution in [1.29, 1.82) is 0 Å². The number of hydrogen-bond acceptors (Lipinski definition) is 2. The molecule has 0 amide bonds. The van der Waals surface area contributed by atoms with Gasteiger partial charge in [-0.05, 0) is 49.3 Å². The van der Waals surface area contributed by atoms with Crippen molar-refractivity contribution in [1.82, 2.24) is 4.90 Å². The molecule has 1 fully saturated rings. The van der Waals surface area contributed by atoms with Crippen LogP contribution in [-0.4, -0.2) is 36.0 Å². The zero-order chi connectivity index (χ0) is 15.0. The number of carbonyl (C=O) groups is 1. The number of fused-ring (bicyclic) bond motifs is 1. The van der Waals surface area contributed by atoms with Crippen LogP contribution in [0.1, 0.15) is 40.7 Å². The van der Waals surface area contributed by atoms with Gasteiger partial charge in [-0.2, -0.15) is 13.2 Å². The lowest BCUT2D eigenvalue weighted by atomic mass is 10.0. The normalized spacial score (nSPS) is 18.1. The summed E-state index contributed by atoms with van der Waals surface area (Å²) in [5, 5.41) is 0. The minimum Gasteiger partial charge on any atom is -0.293 e. The standard InChI is InChI=1S/C16H18F3NO/c17-16(18,19)10-20(14-6-7-14)9-15(21)13-5-4-11-2-1-3-12(11)8-13/h4-5,8,14H,1-3,6-7,9-10H2. The number of halogens is 3. The van der Waals surface area contributed by atoms with Gasteiger partial charge in [0.25, 0.3) is 0 Å². The predicted octanol–water partition coefficient (Wildman–Crippen LogP) is 3.38. The summed E-state index contributed by atoms with van der Waals surface area (Å²) in [6, 6.07) is 5.49. The van der Waals surface area contributed by atoms with Crippen LogP contribution in [-0.2, 0) is 12.8 Å². The summed E-state index contributed by atoms with van der Waals surface area (Å²) < 4.78 is 37.7. The van der Waals surface area contributed by atoms with E-state index in [0.717, 1.165) is 32.1 Å². The average molecular weight is 297 g/mol. The number of benzene rings is 1. The molecule has 0 aliphatic heterocycles. The Balaban J connectivity index is 1.69. The molecule has 0 aromatic heterocycles. The van der Waals surface area contributed by atoms with Crippen LogP contribution in [0.3, 0.4) is 0 Å². The van der Waals surface area contributed by atoms with Crippen molar-refractivity contribution < 1.29 is 18.0 Å². The maximum Gasteiger partial charge on any atom is 0.401 e. The number of nitrogens with zero attached hydrogens (tertiary/aromatic N) is 1. The van der Waals surface area contributed by atoms with Crippen LogP contribution in [0.15, 0.2) is 18.2 Å². The summed E-state index contributed by atoms with van der Waals surface area (Å²) in [7, 11) is 0. The van der Waals surface area contributed by atoms with E-state index in [1.807, 2.05) is 12.1 Å². The molecule has 21 heavy (non-hydrogen) atoms. The van der Waals surface area contributed by atoms with Gasteiger partial charge in [-0.15, -0.1) is 0 Å². The molecule has 2 aliphatic carbocycles. The molecule has 0 heterocycles. The minimum absolute atomic E-state index is 0.0787. The van der Waals surface area contributed by atoms with Crippen molar-refractivity contribution in [2.45, 2.75) is 44.3 Å². The van der Waals surface area contributed by atoms with Gasteiger partial charge in [-0.3, -0.25) is 9.69 Å². The second-order valence-corrected chi connectivity index (χ2v) is 6.01. The molecule has 0 unspecified atom stereocenters. The SMILES string of the molecule is O=C(CN(CC(F)(F)F)C1CC1)c1ccc2c(c1)CCC2. The van der Waals surface area contributed by atoms with Crippen LogP contribution < -0.4 is 0 Å². The topological polar surface area (TPSA) is 20.3 Å². The van der Waals surface area contributed by atoms with Gasteiger partial charge in [-0.25, -0.2) is 0 Å². The van der Waals surface area contributed by atoms with E-state index >= 15 is 0 Å². The molecule has 0 N–H and O–H groups in total. The molecular formula is C16H18F3NO. The zero-order valence-electron chi connectivity index (χ0n) is 11.7. The van der Waals surface area contributed by atoms with Crippen LogP contribution in [0, 0.1) is 0 Å². The van der Waals surface area contributed by atoms with E-state index in [-0.39, 0.29) is 18.4 Å². The van der Waals surface area contributed by atoms with Crippen molar-refractivity contribution >= 4 is 5.78 Å². The van der Waals surface area contributed by atoms with Gasteiger partial charge in [0.05, 0.1) is 13.1 Å². The summed E-state index contributed by atoms with van der Waals surface area (Å²) in [5.41, 5.74) is 2.99. The third-order valence-electron chi connectivity index (χ3n) is 4.21. The average Bonchev–Trinajstić information content (AvgIpc) is 3.14. The Kier molecular flexibility index (Phi) is 3.78. The number of ketones is 1. The van der Waals surface area contributed by atoms with E-state index in [4.69, 9.17) is 0 Å². The smallest absolute Gasteiger partial charge is 0.293 e. The van der Waals surface area contributed by atoms with Crippen LogP contribution >= 0.6 is 0 Å². The first-order chi connectivity index (χ1) is 9.92. The molecule has 1 saturated carbocycles. The largest absolute Gasteiger partial charge is 0.401 e. The molecule has 0 saturated heterocycles. The molecule has 0 bridgehead atoms. The first-order valence-corrected chi connectivity index (χ1v) is 7.38. The van der Waals surface area contributed by atoms with E-state index in [1.165, 1.54) is 16.0 Å². The van der Waals surface area contributed by atoms with Crippen LogP contribution in [0.25, 0.3) is 0 Å². The van der Waals surface area contributed by atoms with Gasteiger partial charge >= 0.3 is 6.18 Å². The molecule has 0 spiro atoms. The Bertz CT molecular complexity index is 549. The highest BCUT2D eigenvalue weighted by molar-refractivity contribution is 5.98. The third-order valence-corrected chi connectivity index (χ3v) is 4.21. The first kappa shape index (κ1) is 14.6. The summed E-state index contributed by atoms with van der Waals surface area (Å²) in [5.74, 6) is -0.208. The summed E-state index contributed by atoms with van der Waals surface area (Å²) >= 11 is 0. The lowest BCUT2D eigenvalue weighted by Crippen LogP contribution is -2.39. The monoisotopic (exact) mass is 297 g/mol. The predicted molar refractivity (Wildman–Crippen MR) is 73.4 cm³/mol. The highest BCUT2D eigenvalue weighted by Gasteiger charge is 2.38. The van der Waals surface area contributed by atoms with Crippen LogP contribution in [0.4, 0.5) is 13.2 Å². The maximum atomic E-state index is 12.6. The molecule has 3 rings (SSSR count). The molecule has 2 aliphatic rings. The highest BCUT2D eigenvalue weighted by Crippen LogP contribution is 2.30. The molecule has 2 nitrogen and oxygen atoms in total. The van der Waals surface area contributed by atoms with Gasteiger partial charge in [0, 0.05) is 11.6 Å². The fourth-order valence-electron chi connectivity index (χ4n) is 3.01. The zero-order valence-corrected chi connectivity index (χ0v) is 11.7. The Labute approximate surface area is 121 Å². The molecule has 114 valence electrons. The van der Waals surface area contributed by atoms with Gasteiger partial charge < -0.3 is 0 Å². The van der Waals surface area contributed by atoms with E-state index in [9.17, 15) is 18.0 Å². The van der Waals surface area contributed by atoms with Crippen LogP contribution in [0.2, 0.25) is 0 Å². The van der Waals surface area contributed by atoms with Crippen molar-refractivity contribution in [3.63, 3.8) is 0 Å². The molecule has 1 aromatic rings. The molecule has 5 heteroatoms. The first-order valence-electron chi connectivity index (χ1n) is 7.38. The lowest BCUT2D eigenvalue weighted by Gasteiger charge is -2.22. The second kappa shape index (κ2) is 5.44. The summed E-state index contributed by atoms with van der Waals surface area (Å²) in [6.45, 7) is -1.13. The molecular weight excluding hydrogens is 279 g/mol. The molecule has 0 radical (unpaired) electrons. The summed E-state index contributed by atoms with van der Waals surface area (Å²) in [6.07, 6.45) is 0.356. The number of aryl methyl sites for hydroxylation is 2. The van der Waals surface area contributed by atoms with Crippen molar-refractivity contribution in [3.8, 4) is 0 Å². The Morgan fingerprint density at radius 1 is 1.19 bits per heavy atom. The van der Waals surface area contributed by atoms with E-state index in [2.05, 4.69) is 0 Å². The minimum atomic E-state index is -4.25. The van der Waals surface area contributed by atoms with Crippen molar-refractivity contribution in [3.05, 3.63) is 34.9 Å². The highest BCUT2D eigenvalue weighted by atomic mass is 19.4. The quantitative estimate of drug-likeness (QED) is 0.777. The van der Waals surface area contributed by atoms with E-state index < -0.39 is 12.7 Å². The van der Waals surface area contributed by atoms with Crippen molar-refractivity contribution in [2.24, 2.45) is 0 Å². The molecule has 0 atom stereocenters.